The Balaban J connectivity index is 2.16. The molecule has 88 valence electrons. The number of carbonyl (C=O) groups is 1. The molecule has 0 saturated carbocycles. The molecule has 1 heterocycles. The van der Waals surface area contributed by atoms with Crippen LogP contribution in [0.2, 0.25) is 0 Å². The van der Waals surface area contributed by atoms with Crippen LogP contribution in [0.4, 0.5) is 0 Å². The Bertz CT molecular complexity index is 311. The van der Waals surface area contributed by atoms with Gasteiger partial charge in [0.25, 0.3) is 0 Å². The van der Waals surface area contributed by atoms with Crippen LogP contribution in [0.25, 0.3) is 0 Å². The molecule has 2 N–H and O–H groups in total. The first-order chi connectivity index (χ1) is 7.68. The molecule has 0 radical (unpaired) electrons. The summed E-state index contributed by atoms with van der Waals surface area (Å²) in [5.74, 6) is 0.0667. The highest BCUT2D eigenvalue weighted by Crippen LogP contribution is 1.94. The van der Waals surface area contributed by atoms with Crippen LogP contribution in [0, 0.1) is 0 Å². The Morgan fingerprint density at radius 1 is 1.50 bits per heavy atom. The van der Waals surface area contributed by atoms with Crippen molar-refractivity contribution in [3.8, 4) is 0 Å². The van der Waals surface area contributed by atoms with E-state index in [-0.39, 0.29) is 5.91 Å². The number of aromatic nitrogens is 1. The zero-order chi connectivity index (χ0) is 11.8. The van der Waals surface area contributed by atoms with Crippen LogP contribution in [0.15, 0.2) is 24.5 Å². The van der Waals surface area contributed by atoms with Gasteiger partial charge >= 0.3 is 0 Å². The molecule has 0 aliphatic carbocycles. The predicted molar refractivity (Wildman–Crippen MR) is 63.8 cm³/mol. The predicted octanol–water partition coefficient (Wildman–Crippen LogP) is 1.09. The molecule has 1 aromatic heterocycles. The third-order valence-corrected chi connectivity index (χ3v) is 2.12. The van der Waals surface area contributed by atoms with Crippen LogP contribution in [-0.2, 0) is 11.3 Å². The van der Waals surface area contributed by atoms with E-state index in [1.807, 2.05) is 12.1 Å². The van der Waals surface area contributed by atoms with E-state index < -0.39 is 0 Å². The Morgan fingerprint density at radius 2 is 2.31 bits per heavy atom. The molecule has 0 fully saturated rings. The topological polar surface area (TPSA) is 54.0 Å². The second-order valence-electron chi connectivity index (χ2n) is 4.00. The van der Waals surface area contributed by atoms with Crippen LogP contribution >= 0.6 is 0 Å². The van der Waals surface area contributed by atoms with Crippen molar-refractivity contribution in [1.82, 2.24) is 15.6 Å². The number of rotatable bonds is 6. The summed E-state index contributed by atoms with van der Waals surface area (Å²) in [6, 6.07) is 4.23. The fourth-order valence-electron chi connectivity index (χ4n) is 1.27. The maximum Gasteiger partial charge on any atom is 0.221 e. The van der Waals surface area contributed by atoms with E-state index in [2.05, 4.69) is 29.5 Å². The van der Waals surface area contributed by atoms with Gasteiger partial charge in [0.05, 0.1) is 0 Å². The summed E-state index contributed by atoms with van der Waals surface area (Å²) in [6.45, 7) is 5.39. The Kier molecular flexibility index (Phi) is 5.50. The van der Waals surface area contributed by atoms with Crippen molar-refractivity contribution in [2.24, 2.45) is 0 Å². The normalized spacial score (nSPS) is 10.4. The van der Waals surface area contributed by atoms with Gasteiger partial charge in [0.1, 0.15) is 0 Å². The molecule has 0 atom stereocenters. The average molecular weight is 221 g/mol. The fourth-order valence-corrected chi connectivity index (χ4v) is 1.27. The van der Waals surface area contributed by atoms with E-state index in [0.29, 0.717) is 19.0 Å². The lowest BCUT2D eigenvalue weighted by molar-refractivity contribution is -0.121. The number of carbonyl (C=O) groups excluding carboxylic acids is 1. The standard InChI is InChI=1S/C12H19N3O/c1-10(2)14-7-5-12(16)15-9-11-4-3-6-13-8-11/h3-4,6,8,10,14H,5,7,9H2,1-2H3,(H,15,16). The number of nitrogens with zero attached hydrogens (tertiary/aromatic N) is 1. The highest BCUT2D eigenvalue weighted by molar-refractivity contribution is 5.76. The van der Waals surface area contributed by atoms with E-state index >= 15 is 0 Å². The number of hydrogen-bond acceptors (Lipinski definition) is 3. The van der Waals surface area contributed by atoms with E-state index in [1.54, 1.807) is 12.4 Å². The largest absolute Gasteiger partial charge is 0.352 e. The first kappa shape index (κ1) is 12.6. The SMILES string of the molecule is CC(C)NCCC(=O)NCc1cccnc1. The van der Waals surface area contributed by atoms with Crippen LogP contribution in [0.1, 0.15) is 25.8 Å². The number of hydrogen-bond donors (Lipinski definition) is 2. The summed E-state index contributed by atoms with van der Waals surface area (Å²) in [4.78, 5) is 15.4. The van der Waals surface area contributed by atoms with E-state index in [9.17, 15) is 4.79 Å². The minimum absolute atomic E-state index is 0.0667. The minimum Gasteiger partial charge on any atom is -0.352 e. The molecule has 0 aliphatic rings. The van der Waals surface area contributed by atoms with Gasteiger partial charge in [-0.05, 0) is 11.6 Å². The lowest BCUT2D eigenvalue weighted by atomic mass is 10.3. The van der Waals surface area contributed by atoms with Crippen LogP contribution in [-0.4, -0.2) is 23.5 Å². The maximum atomic E-state index is 11.4. The molecule has 0 spiro atoms. The van der Waals surface area contributed by atoms with Gasteiger partial charge in [-0.2, -0.15) is 0 Å². The van der Waals surface area contributed by atoms with Crippen molar-refractivity contribution in [2.75, 3.05) is 6.54 Å². The van der Waals surface area contributed by atoms with E-state index in [1.165, 1.54) is 0 Å². The molecule has 0 saturated heterocycles. The van der Waals surface area contributed by atoms with E-state index in [0.717, 1.165) is 12.1 Å². The maximum absolute atomic E-state index is 11.4. The molecular weight excluding hydrogens is 202 g/mol. The summed E-state index contributed by atoms with van der Waals surface area (Å²) < 4.78 is 0. The van der Waals surface area contributed by atoms with Crippen LogP contribution in [0.5, 0.6) is 0 Å². The summed E-state index contributed by atoms with van der Waals surface area (Å²) in [5.41, 5.74) is 1.02. The highest BCUT2D eigenvalue weighted by atomic mass is 16.1. The Morgan fingerprint density at radius 3 is 2.94 bits per heavy atom. The molecular formula is C12H19N3O. The summed E-state index contributed by atoms with van der Waals surface area (Å²) in [7, 11) is 0. The third kappa shape index (κ3) is 5.46. The minimum atomic E-state index is 0.0667. The zero-order valence-corrected chi connectivity index (χ0v) is 9.86. The molecule has 1 aromatic rings. The van der Waals surface area contributed by atoms with Crippen molar-refractivity contribution >= 4 is 5.91 Å². The van der Waals surface area contributed by atoms with Gasteiger partial charge in [0.2, 0.25) is 5.91 Å². The third-order valence-electron chi connectivity index (χ3n) is 2.12. The zero-order valence-electron chi connectivity index (χ0n) is 9.86. The molecule has 16 heavy (non-hydrogen) atoms. The van der Waals surface area contributed by atoms with Gasteiger partial charge in [-0.25, -0.2) is 0 Å². The van der Waals surface area contributed by atoms with Gasteiger partial charge in [-0.15, -0.1) is 0 Å². The first-order valence-corrected chi connectivity index (χ1v) is 5.57. The summed E-state index contributed by atoms with van der Waals surface area (Å²) in [6.07, 6.45) is 3.99. The average Bonchev–Trinajstić information content (AvgIpc) is 2.27. The second kappa shape index (κ2) is 6.95. The molecule has 0 aromatic carbocycles. The molecule has 1 amide bonds. The molecule has 4 nitrogen and oxygen atoms in total. The number of pyridine rings is 1. The molecule has 0 bridgehead atoms. The van der Waals surface area contributed by atoms with Crippen LogP contribution in [0.3, 0.4) is 0 Å². The summed E-state index contributed by atoms with van der Waals surface area (Å²) in [5, 5.41) is 6.06. The monoisotopic (exact) mass is 221 g/mol. The van der Waals surface area contributed by atoms with Gasteiger partial charge in [0.15, 0.2) is 0 Å². The van der Waals surface area contributed by atoms with Gasteiger partial charge in [-0.3, -0.25) is 9.78 Å². The number of amides is 1. The van der Waals surface area contributed by atoms with Crippen molar-refractivity contribution in [1.29, 1.82) is 0 Å². The van der Waals surface area contributed by atoms with Gasteiger partial charge < -0.3 is 10.6 Å². The van der Waals surface area contributed by atoms with Crippen molar-refractivity contribution < 1.29 is 4.79 Å². The van der Waals surface area contributed by atoms with Gasteiger partial charge in [-0.1, -0.05) is 19.9 Å². The molecule has 0 unspecified atom stereocenters. The van der Waals surface area contributed by atoms with Gasteiger partial charge in [0, 0.05) is 37.9 Å². The number of nitrogens with one attached hydrogen (secondary N) is 2. The fraction of sp³-hybridized carbons (Fsp3) is 0.500. The molecule has 0 aliphatic heterocycles. The van der Waals surface area contributed by atoms with E-state index in [4.69, 9.17) is 0 Å². The first-order valence-electron chi connectivity index (χ1n) is 5.57. The summed E-state index contributed by atoms with van der Waals surface area (Å²) >= 11 is 0. The molecule has 1 rings (SSSR count). The van der Waals surface area contributed by atoms with Crippen LogP contribution < -0.4 is 10.6 Å². The second-order valence-corrected chi connectivity index (χ2v) is 4.00. The Labute approximate surface area is 96.5 Å². The smallest absolute Gasteiger partial charge is 0.221 e. The Hall–Kier alpha value is -1.42. The lowest BCUT2D eigenvalue weighted by Crippen LogP contribution is -2.30. The highest BCUT2D eigenvalue weighted by Gasteiger charge is 2.01. The lowest BCUT2D eigenvalue weighted by Gasteiger charge is -2.08. The quantitative estimate of drug-likeness (QED) is 0.756. The van der Waals surface area contributed by atoms with Crippen molar-refractivity contribution in [3.63, 3.8) is 0 Å². The van der Waals surface area contributed by atoms with Crippen molar-refractivity contribution in [2.45, 2.75) is 32.9 Å². The van der Waals surface area contributed by atoms with Crippen molar-refractivity contribution in [3.05, 3.63) is 30.1 Å². The molecule has 4 heteroatoms.